The van der Waals surface area contributed by atoms with Crippen LogP contribution in [0.25, 0.3) is 0 Å². The number of rotatable bonds is 12. The molecule has 0 atom stereocenters. The maximum Gasteiger partial charge on any atom is 0.207 e. The molecule has 0 unspecified atom stereocenters. The Hall–Kier alpha value is -4.21. The van der Waals surface area contributed by atoms with E-state index >= 15 is 0 Å². The predicted octanol–water partition coefficient (Wildman–Crippen LogP) is 4.90. The van der Waals surface area contributed by atoms with E-state index in [0.29, 0.717) is 35.7 Å². The minimum atomic E-state index is -0.355. The maximum atomic E-state index is 14.0. The van der Waals surface area contributed by atoms with Gasteiger partial charge in [-0.2, -0.15) is 0 Å². The molecule has 0 aliphatic carbocycles. The van der Waals surface area contributed by atoms with E-state index in [0.717, 1.165) is 43.7 Å². The van der Waals surface area contributed by atoms with Crippen LogP contribution in [0.5, 0.6) is 5.75 Å². The Labute approximate surface area is 258 Å². The Balaban J connectivity index is 0.000000646. The molecule has 0 fully saturated rings. The SMILES string of the molecule is CN=C(N/C=C/NC)c1ccc2c(c1C)CCN(Cc1ccc(OCc3c(F)cccc3Cl)cc1)C2.O=CCCNC=O. The van der Waals surface area contributed by atoms with Gasteiger partial charge in [0, 0.05) is 70.2 Å². The average molecular weight is 608 g/mol. The highest BCUT2D eigenvalue weighted by atomic mass is 35.5. The lowest BCUT2D eigenvalue weighted by atomic mass is 9.91. The molecule has 3 N–H and O–H groups in total. The number of amides is 1. The van der Waals surface area contributed by atoms with Crippen molar-refractivity contribution in [2.45, 2.75) is 39.5 Å². The zero-order valence-electron chi connectivity index (χ0n) is 24.8. The molecule has 1 heterocycles. The molecule has 43 heavy (non-hydrogen) atoms. The Bertz CT molecular complexity index is 1380. The molecule has 1 aliphatic rings. The first kappa shape index (κ1) is 33.3. The number of hydrogen-bond acceptors (Lipinski definition) is 6. The van der Waals surface area contributed by atoms with E-state index in [-0.39, 0.29) is 12.4 Å². The van der Waals surface area contributed by atoms with Crippen LogP contribution in [0.4, 0.5) is 4.39 Å². The van der Waals surface area contributed by atoms with Gasteiger partial charge in [-0.25, -0.2) is 4.39 Å². The van der Waals surface area contributed by atoms with Crippen LogP contribution in [0.15, 0.2) is 72.0 Å². The standard InChI is InChI=1S/C29H32ClFN4O.C4H7NO2/c1-20-24-13-16-35(18-22(24)9-12-25(20)29(33-3)34-15-14-32-2)17-21-7-10-23(11-8-21)36-19-26-27(30)5-4-6-28(26)31;6-3-1-2-5-4-7/h4-12,14-15,32H,13,16-19H2,1-3H3,(H,33,34);3-4H,1-2H2,(H,5,7)/b15-14+;. The molecule has 1 amide bonds. The second kappa shape index (κ2) is 17.7. The number of benzene rings is 3. The van der Waals surface area contributed by atoms with Crippen molar-refractivity contribution in [2.75, 3.05) is 27.2 Å². The van der Waals surface area contributed by atoms with Crippen LogP contribution in [-0.4, -0.2) is 50.6 Å². The molecular formula is C33H39ClFN5O3. The highest BCUT2D eigenvalue weighted by Gasteiger charge is 2.20. The molecule has 3 aromatic rings. The summed E-state index contributed by atoms with van der Waals surface area (Å²) in [5.41, 5.74) is 6.79. The van der Waals surface area contributed by atoms with E-state index < -0.39 is 0 Å². The second-order valence-electron chi connectivity index (χ2n) is 9.84. The van der Waals surface area contributed by atoms with Crippen molar-refractivity contribution in [3.05, 3.63) is 111 Å². The lowest BCUT2D eigenvalue weighted by Crippen LogP contribution is -2.31. The average Bonchev–Trinajstić information content (AvgIpc) is 3.01. The molecule has 0 saturated carbocycles. The van der Waals surface area contributed by atoms with E-state index in [4.69, 9.17) is 16.3 Å². The normalized spacial score (nSPS) is 13.0. The minimum Gasteiger partial charge on any atom is -0.489 e. The van der Waals surface area contributed by atoms with Crippen molar-refractivity contribution < 1.29 is 18.7 Å². The van der Waals surface area contributed by atoms with Crippen LogP contribution in [-0.2, 0) is 35.7 Å². The summed E-state index contributed by atoms with van der Waals surface area (Å²) in [6, 6.07) is 17.0. The van der Waals surface area contributed by atoms with Crippen molar-refractivity contribution in [3.8, 4) is 5.75 Å². The summed E-state index contributed by atoms with van der Waals surface area (Å²) < 4.78 is 19.7. The summed E-state index contributed by atoms with van der Waals surface area (Å²) in [4.78, 5) is 25.9. The number of carbonyl (C=O) groups excluding carboxylic acids is 2. The van der Waals surface area contributed by atoms with Crippen LogP contribution in [0.3, 0.4) is 0 Å². The lowest BCUT2D eigenvalue weighted by molar-refractivity contribution is -0.110. The third kappa shape index (κ3) is 9.94. The molecule has 1 aliphatic heterocycles. The zero-order chi connectivity index (χ0) is 31.0. The van der Waals surface area contributed by atoms with Gasteiger partial charge in [-0.15, -0.1) is 0 Å². The van der Waals surface area contributed by atoms with Gasteiger partial charge in [-0.3, -0.25) is 14.7 Å². The van der Waals surface area contributed by atoms with Crippen LogP contribution in [0.2, 0.25) is 5.02 Å². The van der Waals surface area contributed by atoms with Crippen molar-refractivity contribution in [1.29, 1.82) is 0 Å². The summed E-state index contributed by atoms with van der Waals surface area (Å²) in [6.45, 7) is 5.50. The smallest absolute Gasteiger partial charge is 0.207 e. The number of nitrogens with zero attached hydrogens (tertiary/aromatic N) is 2. The first-order chi connectivity index (χ1) is 20.9. The minimum absolute atomic E-state index is 0.0981. The number of carbonyl (C=O) groups is 2. The molecule has 0 spiro atoms. The van der Waals surface area contributed by atoms with E-state index in [1.807, 2.05) is 38.6 Å². The van der Waals surface area contributed by atoms with Crippen LogP contribution in [0, 0.1) is 12.7 Å². The number of amidine groups is 1. The van der Waals surface area contributed by atoms with Gasteiger partial charge >= 0.3 is 0 Å². The Morgan fingerprint density at radius 2 is 1.91 bits per heavy atom. The first-order valence-corrected chi connectivity index (χ1v) is 14.4. The van der Waals surface area contributed by atoms with Crippen molar-refractivity contribution in [2.24, 2.45) is 4.99 Å². The number of aliphatic imine (C=N–C) groups is 1. The van der Waals surface area contributed by atoms with Crippen LogP contribution >= 0.6 is 11.6 Å². The number of halogens is 2. The van der Waals surface area contributed by atoms with Crippen molar-refractivity contribution in [1.82, 2.24) is 20.9 Å². The Morgan fingerprint density at radius 1 is 1.12 bits per heavy atom. The highest BCUT2D eigenvalue weighted by molar-refractivity contribution is 6.31. The molecule has 0 radical (unpaired) electrons. The Kier molecular flexibility index (Phi) is 13.7. The van der Waals surface area contributed by atoms with Gasteiger partial charge in [-0.1, -0.05) is 41.9 Å². The number of fused-ring (bicyclic) bond motifs is 1. The lowest BCUT2D eigenvalue weighted by Gasteiger charge is -2.30. The van der Waals surface area contributed by atoms with E-state index in [1.165, 1.54) is 28.3 Å². The fraction of sp³-hybridized carbons (Fsp3) is 0.303. The van der Waals surface area contributed by atoms with Crippen LogP contribution < -0.4 is 20.7 Å². The maximum absolute atomic E-state index is 14.0. The second-order valence-corrected chi connectivity index (χ2v) is 10.2. The first-order valence-electron chi connectivity index (χ1n) is 14.1. The monoisotopic (exact) mass is 607 g/mol. The number of nitrogens with one attached hydrogen (secondary N) is 3. The molecule has 0 bridgehead atoms. The molecule has 8 nitrogen and oxygen atoms in total. The third-order valence-electron chi connectivity index (χ3n) is 6.98. The Morgan fingerprint density at radius 3 is 2.58 bits per heavy atom. The molecule has 228 valence electrons. The van der Waals surface area contributed by atoms with Gasteiger partial charge < -0.3 is 25.5 Å². The van der Waals surface area contributed by atoms with Gasteiger partial charge in [0.2, 0.25) is 6.41 Å². The molecular weight excluding hydrogens is 569 g/mol. The third-order valence-corrected chi connectivity index (χ3v) is 7.33. The summed E-state index contributed by atoms with van der Waals surface area (Å²) in [5, 5.41) is 8.96. The van der Waals surface area contributed by atoms with Crippen molar-refractivity contribution in [3.63, 3.8) is 0 Å². The van der Waals surface area contributed by atoms with E-state index in [9.17, 15) is 14.0 Å². The predicted molar refractivity (Wildman–Crippen MR) is 170 cm³/mol. The molecule has 0 saturated heterocycles. The number of aldehydes is 1. The van der Waals surface area contributed by atoms with E-state index in [2.05, 4.69) is 57.0 Å². The highest BCUT2D eigenvalue weighted by Crippen LogP contribution is 2.27. The van der Waals surface area contributed by atoms with Gasteiger partial charge in [0.15, 0.2) is 0 Å². The summed E-state index contributed by atoms with van der Waals surface area (Å²) >= 11 is 6.09. The molecule has 10 heteroatoms. The van der Waals surface area contributed by atoms with E-state index in [1.54, 1.807) is 12.1 Å². The molecule has 3 aromatic carbocycles. The van der Waals surface area contributed by atoms with Gasteiger partial charge in [0.1, 0.15) is 30.3 Å². The summed E-state index contributed by atoms with van der Waals surface area (Å²) in [5.74, 6) is 1.20. The van der Waals surface area contributed by atoms with Crippen LogP contribution in [0.1, 0.15) is 39.8 Å². The number of hydrogen-bond donors (Lipinski definition) is 3. The van der Waals surface area contributed by atoms with Gasteiger partial charge in [0.25, 0.3) is 0 Å². The largest absolute Gasteiger partial charge is 0.489 e. The van der Waals surface area contributed by atoms with Gasteiger partial charge in [0.05, 0.1) is 5.02 Å². The molecule has 0 aromatic heterocycles. The van der Waals surface area contributed by atoms with Gasteiger partial charge in [-0.05, 0) is 59.9 Å². The summed E-state index contributed by atoms with van der Waals surface area (Å²) in [7, 11) is 3.67. The topological polar surface area (TPSA) is 95.1 Å². The quantitative estimate of drug-likeness (QED) is 0.117. The fourth-order valence-corrected chi connectivity index (χ4v) is 4.95. The zero-order valence-corrected chi connectivity index (χ0v) is 25.6. The molecule has 4 rings (SSSR count). The fourth-order valence-electron chi connectivity index (χ4n) is 4.73. The van der Waals surface area contributed by atoms with Crippen molar-refractivity contribution >= 4 is 30.1 Å². The number of ether oxygens (including phenoxy) is 1. The summed E-state index contributed by atoms with van der Waals surface area (Å²) in [6.07, 6.45) is 6.43.